The van der Waals surface area contributed by atoms with Gasteiger partial charge < -0.3 is 20.3 Å². The Morgan fingerprint density at radius 3 is 2.29 bits per heavy atom. The third kappa shape index (κ3) is 6.79. The number of fused-ring (bicyclic) bond motifs is 2. The molecular formula is C26H42N4O7S. The molecule has 214 valence electrons. The number of ether oxygens (including phenoxy) is 1. The van der Waals surface area contributed by atoms with E-state index in [1.54, 1.807) is 20.8 Å². The molecule has 4 amide bonds. The molecule has 2 heterocycles. The first-order chi connectivity index (χ1) is 17.8. The van der Waals surface area contributed by atoms with Gasteiger partial charge in [-0.25, -0.2) is 13.2 Å². The molecule has 2 saturated carbocycles. The van der Waals surface area contributed by atoms with Gasteiger partial charge in [0.1, 0.15) is 23.2 Å². The lowest BCUT2D eigenvalue weighted by molar-refractivity contribution is -0.141. The van der Waals surface area contributed by atoms with Gasteiger partial charge in [0.15, 0.2) is 0 Å². The van der Waals surface area contributed by atoms with Gasteiger partial charge in [-0.05, 0) is 71.6 Å². The lowest BCUT2D eigenvalue weighted by atomic mass is 10.0. The lowest BCUT2D eigenvalue weighted by Crippen LogP contribution is -2.58. The zero-order valence-corrected chi connectivity index (χ0v) is 23.5. The molecule has 11 nitrogen and oxygen atoms in total. The smallest absolute Gasteiger partial charge is 0.408 e. The summed E-state index contributed by atoms with van der Waals surface area (Å²) in [6, 6.07) is -1.61. The van der Waals surface area contributed by atoms with Crippen LogP contribution in [0.15, 0.2) is 0 Å². The Bertz CT molecular complexity index is 1050. The van der Waals surface area contributed by atoms with E-state index >= 15 is 0 Å². The fourth-order valence-electron chi connectivity index (χ4n) is 5.63. The number of alkyl carbamates (subject to hydrolysis) is 1. The van der Waals surface area contributed by atoms with Crippen molar-refractivity contribution in [3.8, 4) is 0 Å². The van der Waals surface area contributed by atoms with E-state index in [0.717, 1.165) is 32.1 Å². The minimum absolute atomic E-state index is 0.141. The van der Waals surface area contributed by atoms with Gasteiger partial charge in [0.25, 0.3) is 5.91 Å². The second kappa shape index (κ2) is 11.0. The van der Waals surface area contributed by atoms with Crippen molar-refractivity contribution in [2.24, 2.45) is 5.92 Å². The van der Waals surface area contributed by atoms with Crippen LogP contribution in [-0.4, -0.2) is 72.2 Å². The summed E-state index contributed by atoms with van der Waals surface area (Å²) in [5.41, 5.74) is -1.99. The Morgan fingerprint density at radius 1 is 0.974 bits per heavy atom. The first-order valence-corrected chi connectivity index (χ1v) is 15.6. The van der Waals surface area contributed by atoms with Gasteiger partial charge in [-0.1, -0.05) is 32.1 Å². The molecule has 4 aliphatic rings. The van der Waals surface area contributed by atoms with Crippen LogP contribution in [0.2, 0.25) is 0 Å². The van der Waals surface area contributed by atoms with Crippen molar-refractivity contribution in [1.82, 2.24) is 20.3 Å². The molecule has 0 unspecified atom stereocenters. The van der Waals surface area contributed by atoms with Crippen molar-refractivity contribution < 1.29 is 32.3 Å². The second-order valence-corrected chi connectivity index (χ2v) is 14.2. The van der Waals surface area contributed by atoms with Crippen molar-refractivity contribution in [2.75, 3.05) is 6.54 Å². The average Bonchev–Trinajstić information content (AvgIpc) is 3.72. The summed E-state index contributed by atoms with van der Waals surface area (Å²) in [6.07, 6.45) is 7.32. The number of amides is 4. The largest absolute Gasteiger partial charge is 0.444 e. The molecule has 12 heteroatoms. The predicted molar refractivity (Wildman–Crippen MR) is 139 cm³/mol. The van der Waals surface area contributed by atoms with Gasteiger partial charge in [-0.2, -0.15) is 0 Å². The number of hydrogen-bond acceptors (Lipinski definition) is 7. The summed E-state index contributed by atoms with van der Waals surface area (Å²) in [4.78, 5) is 54.3. The van der Waals surface area contributed by atoms with Crippen LogP contribution in [0.3, 0.4) is 0 Å². The molecule has 3 N–H and O–H groups in total. The number of carbonyl (C=O) groups excluding carboxylic acids is 4. The molecule has 0 radical (unpaired) electrons. The van der Waals surface area contributed by atoms with Crippen LogP contribution >= 0.6 is 0 Å². The Hall–Kier alpha value is -2.37. The minimum atomic E-state index is -3.76. The number of nitrogens with zero attached hydrogens (tertiary/aromatic N) is 1. The fourth-order valence-corrected chi connectivity index (χ4v) is 7.00. The zero-order valence-electron chi connectivity index (χ0n) is 22.7. The molecule has 2 saturated heterocycles. The van der Waals surface area contributed by atoms with Crippen LogP contribution in [0, 0.1) is 5.92 Å². The maximum Gasteiger partial charge on any atom is 0.408 e. The minimum Gasteiger partial charge on any atom is -0.444 e. The molecule has 0 bridgehead atoms. The number of hydrogen-bond donors (Lipinski definition) is 3. The van der Waals surface area contributed by atoms with Crippen LogP contribution in [0.5, 0.6) is 0 Å². The van der Waals surface area contributed by atoms with Crippen molar-refractivity contribution in [1.29, 1.82) is 0 Å². The normalized spacial score (nSPS) is 31.1. The second-order valence-electron chi connectivity index (χ2n) is 12.3. The molecule has 0 aromatic carbocycles. The summed E-state index contributed by atoms with van der Waals surface area (Å²) in [6.45, 7) is 5.61. The highest BCUT2D eigenvalue weighted by molar-refractivity contribution is 7.91. The van der Waals surface area contributed by atoms with E-state index in [9.17, 15) is 27.6 Å². The number of sulfonamides is 1. The van der Waals surface area contributed by atoms with E-state index in [0.29, 0.717) is 51.5 Å². The Balaban J connectivity index is 1.52. The van der Waals surface area contributed by atoms with Gasteiger partial charge in [-0.3, -0.25) is 19.1 Å². The maximum absolute atomic E-state index is 13.6. The average molecular weight is 555 g/mol. The molecule has 4 fully saturated rings. The first kappa shape index (κ1) is 28.6. The van der Waals surface area contributed by atoms with Crippen LogP contribution < -0.4 is 15.4 Å². The van der Waals surface area contributed by atoms with E-state index in [4.69, 9.17) is 4.74 Å². The quantitative estimate of drug-likeness (QED) is 0.481. The van der Waals surface area contributed by atoms with Gasteiger partial charge in [0, 0.05) is 6.54 Å². The first-order valence-electron chi connectivity index (χ1n) is 14.0. The molecule has 4 atom stereocenters. The molecule has 38 heavy (non-hydrogen) atoms. The van der Waals surface area contributed by atoms with Gasteiger partial charge in [0.2, 0.25) is 21.8 Å². The molecule has 0 spiro atoms. The Kier molecular flexibility index (Phi) is 8.30. The molecule has 2 aliphatic heterocycles. The van der Waals surface area contributed by atoms with Crippen LogP contribution in [0.1, 0.15) is 97.8 Å². The standard InChI is InChI=1S/C26H42N4O7S/c1-25(2,3)37-24(34)27-19-11-8-6-4-5-7-10-17-16-26(17,23(33)29-38(35,36)18-13-14-18)28-21(31)20-12-9-15-30(20)22(19)32/h17-20H,4-16H2,1-3H3,(H,27,34)(H,28,31)(H,29,33)/t17-,19+,20+,26-/m1/s1. The predicted octanol–water partition coefficient (Wildman–Crippen LogP) is 2.10. The third-order valence-corrected chi connectivity index (χ3v) is 9.75. The summed E-state index contributed by atoms with van der Waals surface area (Å²) >= 11 is 0. The molecule has 2 aliphatic carbocycles. The van der Waals surface area contributed by atoms with Gasteiger partial charge in [0.05, 0.1) is 5.25 Å². The maximum atomic E-state index is 13.6. The molecule has 4 rings (SSSR count). The van der Waals surface area contributed by atoms with Gasteiger partial charge in [-0.15, -0.1) is 0 Å². The topological polar surface area (TPSA) is 151 Å². The summed E-state index contributed by atoms with van der Waals surface area (Å²) in [7, 11) is -3.76. The van der Waals surface area contributed by atoms with Crippen LogP contribution in [0.4, 0.5) is 4.79 Å². The Morgan fingerprint density at radius 2 is 1.63 bits per heavy atom. The highest BCUT2D eigenvalue weighted by atomic mass is 32.2. The van der Waals surface area contributed by atoms with Crippen molar-refractivity contribution in [3.05, 3.63) is 0 Å². The highest BCUT2D eigenvalue weighted by Crippen LogP contribution is 2.48. The van der Waals surface area contributed by atoms with Gasteiger partial charge >= 0.3 is 6.09 Å². The van der Waals surface area contributed by atoms with E-state index in [-0.39, 0.29) is 11.8 Å². The van der Waals surface area contributed by atoms with Crippen molar-refractivity contribution in [3.63, 3.8) is 0 Å². The molecule has 0 aromatic rings. The molecule has 0 aromatic heterocycles. The van der Waals surface area contributed by atoms with Crippen molar-refractivity contribution >= 4 is 33.8 Å². The third-order valence-electron chi connectivity index (χ3n) is 7.93. The number of rotatable bonds is 4. The highest BCUT2D eigenvalue weighted by Gasteiger charge is 2.62. The van der Waals surface area contributed by atoms with E-state index in [2.05, 4.69) is 15.4 Å². The van der Waals surface area contributed by atoms with Crippen LogP contribution in [-0.2, 0) is 29.1 Å². The van der Waals surface area contributed by atoms with E-state index < -0.39 is 56.4 Å². The van der Waals surface area contributed by atoms with Crippen LogP contribution in [0.25, 0.3) is 0 Å². The Labute approximate surface area is 225 Å². The monoisotopic (exact) mass is 554 g/mol. The summed E-state index contributed by atoms with van der Waals surface area (Å²) in [5.74, 6) is -1.61. The SMILES string of the molecule is CC(C)(C)OC(=O)N[C@H]1CCCCCCC[C@@H]2C[C@@]2(C(=O)NS(=O)(=O)C2CC2)NC(=O)[C@@H]2CCCN2C1=O. The van der Waals surface area contributed by atoms with Crippen molar-refractivity contribution in [2.45, 2.75) is 126 Å². The molecular weight excluding hydrogens is 512 g/mol. The number of carbonyl (C=O) groups is 4. The summed E-state index contributed by atoms with van der Waals surface area (Å²) in [5, 5.41) is 5.04. The van der Waals surface area contributed by atoms with E-state index in [1.165, 1.54) is 4.90 Å². The number of nitrogens with one attached hydrogen (secondary N) is 3. The lowest BCUT2D eigenvalue weighted by Gasteiger charge is -2.30. The fraction of sp³-hybridized carbons (Fsp3) is 0.846. The van der Waals surface area contributed by atoms with E-state index in [1.807, 2.05) is 0 Å². The summed E-state index contributed by atoms with van der Waals surface area (Å²) < 4.78 is 32.6. The zero-order chi connectivity index (χ0) is 27.7.